The first-order chi connectivity index (χ1) is 7.34. The molecule has 1 rings (SSSR count). The van der Waals surface area contributed by atoms with Gasteiger partial charge < -0.3 is 5.32 Å². The van der Waals surface area contributed by atoms with Crippen molar-refractivity contribution in [2.75, 3.05) is 5.32 Å². The zero-order valence-corrected chi connectivity index (χ0v) is 8.71. The molecule has 0 unspecified atom stereocenters. The van der Waals surface area contributed by atoms with Gasteiger partial charge >= 0.3 is 0 Å². The summed E-state index contributed by atoms with van der Waals surface area (Å²) in [6.45, 7) is 0. The number of hydrogen-bond donors (Lipinski definition) is 2. The van der Waals surface area contributed by atoms with Crippen molar-refractivity contribution in [2.24, 2.45) is 5.14 Å². The van der Waals surface area contributed by atoms with E-state index in [-0.39, 0.29) is 10.6 Å². The van der Waals surface area contributed by atoms with E-state index in [2.05, 4.69) is 0 Å². The molecule has 0 aliphatic heterocycles. The van der Waals surface area contributed by atoms with Gasteiger partial charge in [0.1, 0.15) is 5.82 Å². The van der Waals surface area contributed by atoms with Crippen LogP contribution in [-0.2, 0) is 14.8 Å². The first-order valence-corrected chi connectivity index (χ1v) is 5.49. The molecule has 1 aromatic rings. The van der Waals surface area contributed by atoms with E-state index in [1.54, 1.807) is 5.92 Å². The molecule has 7 heteroatoms. The minimum Gasteiger partial charge on any atom is -0.313 e. The lowest BCUT2D eigenvalue weighted by Crippen LogP contribution is -2.14. The second-order valence-electron chi connectivity index (χ2n) is 2.79. The minimum absolute atomic E-state index is 0.318. The molecule has 1 amide bonds. The van der Waals surface area contributed by atoms with Crippen molar-refractivity contribution in [1.29, 1.82) is 0 Å². The number of halogens is 1. The molecule has 16 heavy (non-hydrogen) atoms. The summed E-state index contributed by atoms with van der Waals surface area (Å²) in [6, 6.07) is 2.74. The van der Waals surface area contributed by atoms with Gasteiger partial charge in [-0.3, -0.25) is 4.79 Å². The number of terminal acetylenes is 1. The fraction of sp³-hybridized carbons (Fsp3) is 0. The molecule has 0 fully saturated rings. The lowest BCUT2D eigenvalue weighted by atomic mass is 10.3. The van der Waals surface area contributed by atoms with Gasteiger partial charge in [0.15, 0.2) is 0 Å². The van der Waals surface area contributed by atoms with Crippen LogP contribution in [0.4, 0.5) is 10.1 Å². The molecule has 0 radical (unpaired) electrons. The van der Waals surface area contributed by atoms with Crippen LogP contribution < -0.4 is 10.5 Å². The van der Waals surface area contributed by atoms with E-state index >= 15 is 0 Å². The number of rotatable bonds is 2. The molecule has 3 N–H and O–H groups in total. The highest BCUT2D eigenvalue weighted by Gasteiger charge is 2.12. The van der Waals surface area contributed by atoms with Crippen molar-refractivity contribution in [2.45, 2.75) is 4.90 Å². The van der Waals surface area contributed by atoms with Crippen LogP contribution in [0.2, 0.25) is 0 Å². The zero-order chi connectivity index (χ0) is 12.3. The van der Waals surface area contributed by atoms with Crippen LogP contribution in [0.5, 0.6) is 0 Å². The maximum Gasteiger partial charge on any atom is 0.300 e. The Morgan fingerprint density at radius 1 is 1.50 bits per heavy atom. The minimum atomic E-state index is -3.95. The number of nitrogens with two attached hydrogens (primary N) is 1. The molecule has 0 saturated carbocycles. The predicted octanol–water partition coefficient (Wildman–Crippen LogP) is 0.0448. The van der Waals surface area contributed by atoms with Gasteiger partial charge in [0, 0.05) is 0 Å². The Bertz CT molecular complexity index is 575. The van der Waals surface area contributed by atoms with E-state index < -0.39 is 21.7 Å². The van der Waals surface area contributed by atoms with Crippen LogP contribution in [0.25, 0.3) is 0 Å². The average Bonchev–Trinajstić information content (AvgIpc) is 2.19. The quantitative estimate of drug-likeness (QED) is 0.718. The second kappa shape index (κ2) is 4.30. The number of carbonyl (C=O) groups is 1. The van der Waals surface area contributed by atoms with Crippen molar-refractivity contribution < 1.29 is 17.6 Å². The number of carbonyl (C=O) groups excluding carboxylic acids is 1. The summed E-state index contributed by atoms with van der Waals surface area (Å²) in [6.07, 6.45) is 4.77. The van der Waals surface area contributed by atoms with Gasteiger partial charge in [-0.25, -0.2) is 17.9 Å². The van der Waals surface area contributed by atoms with Crippen molar-refractivity contribution in [1.82, 2.24) is 0 Å². The van der Waals surface area contributed by atoms with E-state index in [1.807, 2.05) is 5.32 Å². The Balaban J connectivity index is 3.21. The normalized spacial score (nSPS) is 10.6. The lowest BCUT2D eigenvalue weighted by molar-refractivity contribution is -0.111. The van der Waals surface area contributed by atoms with Gasteiger partial charge in [-0.1, -0.05) is 0 Å². The fourth-order valence-corrected chi connectivity index (χ4v) is 1.48. The van der Waals surface area contributed by atoms with Crippen LogP contribution in [0.1, 0.15) is 0 Å². The number of hydrogen-bond acceptors (Lipinski definition) is 3. The summed E-state index contributed by atoms with van der Waals surface area (Å²) < 4.78 is 35.0. The molecular formula is C9H7FN2O3S. The maximum absolute atomic E-state index is 13.1. The summed E-state index contributed by atoms with van der Waals surface area (Å²) in [5, 5.41) is 6.84. The third kappa shape index (κ3) is 2.79. The number of primary sulfonamides is 1. The van der Waals surface area contributed by atoms with Crippen LogP contribution >= 0.6 is 0 Å². The van der Waals surface area contributed by atoms with Crippen LogP contribution in [-0.4, -0.2) is 14.3 Å². The number of sulfonamides is 1. The molecule has 0 saturated heterocycles. The fourth-order valence-electron chi connectivity index (χ4n) is 0.936. The predicted molar refractivity (Wildman–Crippen MR) is 55.2 cm³/mol. The van der Waals surface area contributed by atoms with Gasteiger partial charge in [0.25, 0.3) is 5.91 Å². The van der Waals surface area contributed by atoms with Crippen molar-refractivity contribution in [3.05, 3.63) is 24.0 Å². The highest BCUT2D eigenvalue weighted by molar-refractivity contribution is 7.89. The Kier molecular flexibility index (Phi) is 3.27. The molecule has 0 heterocycles. The molecule has 0 aliphatic carbocycles. The van der Waals surface area contributed by atoms with Crippen molar-refractivity contribution in [3.63, 3.8) is 0 Å². The van der Waals surface area contributed by atoms with Gasteiger partial charge in [-0.15, -0.1) is 6.42 Å². The smallest absolute Gasteiger partial charge is 0.300 e. The number of nitrogens with one attached hydrogen (secondary N) is 1. The van der Waals surface area contributed by atoms with E-state index in [1.165, 1.54) is 0 Å². The van der Waals surface area contributed by atoms with Crippen molar-refractivity contribution in [3.8, 4) is 12.3 Å². The zero-order valence-electron chi connectivity index (χ0n) is 7.90. The highest BCUT2D eigenvalue weighted by Crippen LogP contribution is 2.18. The molecule has 0 spiro atoms. The third-order valence-corrected chi connectivity index (χ3v) is 2.56. The van der Waals surface area contributed by atoms with E-state index in [0.717, 1.165) is 18.2 Å². The van der Waals surface area contributed by atoms with Gasteiger partial charge in [-0.2, -0.15) is 0 Å². The van der Waals surface area contributed by atoms with Crippen LogP contribution in [0.3, 0.4) is 0 Å². The Labute approximate surface area is 91.5 Å². The topological polar surface area (TPSA) is 89.3 Å². The highest BCUT2D eigenvalue weighted by atomic mass is 32.2. The van der Waals surface area contributed by atoms with Crippen LogP contribution in [0.15, 0.2) is 23.1 Å². The Morgan fingerprint density at radius 3 is 2.62 bits per heavy atom. The Morgan fingerprint density at radius 2 is 2.12 bits per heavy atom. The van der Waals surface area contributed by atoms with Crippen LogP contribution in [0, 0.1) is 18.2 Å². The number of anilines is 1. The summed E-state index contributed by atoms with van der Waals surface area (Å²) in [7, 11) is -3.95. The number of benzene rings is 1. The summed E-state index contributed by atoms with van der Waals surface area (Å²) in [5.41, 5.74) is -0.338. The molecule has 5 nitrogen and oxygen atoms in total. The van der Waals surface area contributed by atoms with Gasteiger partial charge in [0.05, 0.1) is 10.6 Å². The van der Waals surface area contributed by atoms with Crippen molar-refractivity contribution >= 4 is 21.6 Å². The summed E-state index contributed by atoms with van der Waals surface area (Å²) in [5.74, 6) is 0.00838. The molecule has 0 aliphatic rings. The average molecular weight is 242 g/mol. The number of amides is 1. The molecule has 0 bridgehead atoms. The van der Waals surface area contributed by atoms with E-state index in [4.69, 9.17) is 11.6 Å². The molecule has 1 aromatic carbocycles. The maximum atomic E-state index is 13.1. The molecule has 84 valence electrons. The lowest BCUT2D eigenvalue weighted by Gasteiger charge is -2.05. The second-order valence-corrected chi connectivity index (χ2v) is 4.35. The monoisotopic (exact) mass is 242 g/mol. The third-order valence-electron chi connectivity index (χ3n) is 1.65. The summed E-state index contributed by atoms with van der Waals surface area (Å²) >= 11 is 0. The molecular weight excluding hydrogens is 235 g/mol. The van der Waals surface area contributed by atoms with E-state index in [0.29, 0.717) is 0 Å². The first kappa shape index (κ1) is 12.2. The largest absolute Gasteiger partial charge is 0.313 e. The molecule has 0 aromatic heterocycles. The first-order valence-electron chi connectivity index (χ1n) is 3.94. The standard InChI is InChI=1S/C9H7FN2O3S/c1-2-9(13)12-8-5-6(16(11,14)15)3-4-7(8)10/h1,3-5H,(H,12,13)(H2,11,14,15). The SMILES string of the molecule is C#CC(=O)Nc1cc(S(N)(=O)=O)ccc1F. The summed E-state index contributed by atoms with van der Waals surface area (Å²) in [4.78, 5) is 10.5. The molecule has 0 atom stereocenters. The van der Waals surface area contributed by atoms with E-state index in [9.17, 15) is 17.6 Å². The van der Waals surface area contributed by atoms with Gasteiger partial charge in [0.2, 0.25) is 10.0 Å². The Hall–Kier alpha value is -1.91. The van der Waals surface area contributed by atoms with Gasteiger partial charge in [-0.05, 0) is 24.1 Å².